The van der Waals surface area contributed by atoms with Crippen LogP contribution < -0.4 is 5.32 Å². The van der Waals surface area contributed by atoms with Gasteiger partial charge in [-0.1, -0.05) is 34.8 Å². The van der Waals surface area contributed by atoms with Gasteiger partial charge >= 0.3 is 6.03 Å². The Hall–Kier alpha value is -1.03. The summed E-state index contributed by atoms with van der Waals surface area (Å²) in [5.41, 5.74) is 2.02. The third-order valence-corrected chi connectivity index (χ3v) is 4.17. The van der Waals surface area contributed by atoms with Crippen molar-refractivity contribution in [1.82, 2.24) is 4.90 Å². The average molecular weight is 311 g/mol. The quantitative estimate of drug-likeness (QED) is 0.829. The number of rotatable bonds is 1. The van der Waals surface area contributed by atoms with E-state index in [2.05, 4.69) is 21.2 Å². The highest BCUT2D eigenvalue weighted by Gasteiger charge is 2.15. The minimum atomic E-state index is 0.0210. The zero-order valence-electron chi connectivity index (χ0n) is 10.7. The molecule has 0 spiro atoms. The molecule has 0 aromatic heterocycles. The van der Waals surface area contributed by atoms with Crippen LogP contribution in [0.4, 0.5) is 10.5 Å². The predicted molar refractivity (Wildman–Crippen MR) is 77.9 cm³/mol. The van der Waals surface area contributed by atoms with Crippen LogP contribution in [0, 0.1) is 6.92 Å². The summed E-state index contributed by atoms with van der Waals surface area (Å²) < 4.78 is 1.02. The first-order chi connectivity index (χ1) is 8.66. The van der Waals surface area contributed by atoms with Crippen molar-refractivity contribution in [3.05, 3.63) is 28.2 Å². The maximum Gasteiger partial charge on any atom is 0.321 e. The van der Waals surface area contributed by atoms with Gasteiger partial charge < -0.3 is 10.2 Å². The summed E-state index contributed by atoms with van der Waals surface area (Å²) in [6.07, 6.45) is 4.70. The lowest BCUT2D eigenvalue weighted by Crippen LogP contribution is -2.35. The highest BCUT2D eigenvalue weighted by atomic mass is 79.9. The predicted octanol–water partition coefficient (Wildman–Crippen LogP) is 4.17. The molecular formula is C14H19BrN2O. The second-order valence-electron chi connectivity index (χ2n) is 4.80. The van der Waals surface area contributed by atoms with Crippen molar-refractivity contribution in [3.8, 4) is 0 Å². The molecule has 1 aromatic carbocycles. The molecule has 0 atom stereocenters. The Bertz CT molecular complexity index is 426. The number of urea groups is 1. The van der Waals surface area contributed by atoms with E-state index in [0.29, 0.717) is 0 Å². The Kier molecular flexibility index (Phi) is 4.64. The van der Waals surface area contributed by atoms with Crippen LogP contribution in [0.3, 0.4) is 0 Å². The fraction of sp³-hybridized carbons (Fsp3) is 0.500. The van der Waals surface area contributed by atoms with Gasteiger partial charge in [-0.25, -0.2) is 4.79 Å². The maximum atomic E-state index is 12.1. The van der Waals surface area contributed by atoms with Crippen molar-refractivity contribution < 1.29 is 4.79 Å². The van der Waals surface area contributed by atoms with Gasteiger partial charge in [-0.2, -0.15) is 0 Å². The molecule has 1 N–H and O–H groups in total. The first-order valence-corrected chi connectivity index (χ1v) is 7.28. The molecule has 0 radical (unpaired) electrons. The third kappa shape index (κ3) is 3.48. The number of carbonyl (C=O) groups excluding carboxylic acids is 1. The van der Waals surface area contributed by atoms with Crippen molar-refractivity contribution in [2.45, 2.75) is 32.6 Å². The number of aryl methyl sites for hydroxylation is 1. The number of carbonyl (C=O) groups is 1. The Labute approximate surface area is 117 Å². The summed E-state index contributed by atoms with van der Waals surface area (Å²) in [4.78, 5) is 14.0. The fourth-order valence-corrected chi connectivity index (χ4v) is 2.53. The van der Waals surface area contributed by atoms with Gasteiger partial charge in [0.1, 0.15) is 0 Å². The molecule has 0 unspecified atom stereocenters. The second-order valence-corrected chi connectivity index (χ2v) is 5.65. The van der Waals surface area contributed by atoms with E-state index in [4.69, 9.17) is 0 Å². The number of anilines is 1. The number of hydrogen-bond donors (Lipinski definition) is 1. The normalized spacial score (nSPS) is 16.2. The van der Waals surface area contributed by atoms with Crippen molar-refractivity contribution in [3.63, 3.8) is 0 Å². The third-order valence-electron chi connectivity index (χ3n) is 3.32. The molecule has 4 heteroatoms. The summed E-state index contributed by atoms with van der Waals surface area (Å²) in [5.74, 6) is 0. The standard InChI is InChI=1S/C14H19BrN2O/c1-11-6-7-12(10-13(11)15)16-14(18)17-8-4-2-3-5-9-17/h6-7,10H,2-5,8-9H2,1H3,(H,16,18). The van der Waals surface area contributed by atoms with E-state index in [1.54, 1.807) is 0 Å². The highest BCUT2D eigenvalue weighted by molar-refractivity contribution is 9.10. The molecule has 2 amide bonds. The zero-order chi connectivity index (χ0) is 13.0. The first kappa shape index (κ1) is 13.4. The smallest absolute Gasteiger partial charge is 0.321 e. The van der Waals surface area contributed by atoms with Crippen LogP contribution in [0.15, 0.2) is 22.7 Å². The van der Waals surface area contributed by atoms with E-state index in [1.165, 1.54) is 18.4 Å². The molecule has 0 aliphatic carbocycles. The molecule has 3 nitrogen and oxygen atoms in total. The van der Waals surface area contributed by atoms with Crippen LogP contribution in [0.5, 0.6) is 0 Å². The van der Waals surface area contributed by atoms with Gasteiger partial charge in [0.15, 0.2) is 0 Å². The van der Waals surface area contributed by atoms with Crippen molar-refractivity contribution >= 4 is 27.6 Å². The first-order valence-electron chi connectivity index (χ1n) is 6.49. The van der Waals surface area contributed by atoms with Crippen LogP contribution in [0.2, 0.25) is 0 Å². The molecule has 1 heterocycles. The largest absolute Gasteiger partial charge is 0.325 e. The molecule has 18 heavy (non-hydrogen) atoms. The van der Waals surface area contributed by atoms with Gasteiger partial charge in [-0.15, -0.1) is 0 Å². The van der Waals surface area contributed by atoms with Crippen molar-refractivity contribution in [2.75, 3.05) is 18.4 Å². The molecule has 1 aliphatic rings. The minimum absolute atomic E-state index is 0.0210. The number of hydrogen-bond acceptors (Lipinski definition) is 1. The van der Waals surface area contributed by atoms with Gasteiger partial charge in [-0.05, 0) is 37.5 Å². The second kappa shape index (κ2) is 6.23. The monoisotopic (exact) mass is 310 g/mol. The van der Waals surface area contributed by atoms with E-state index in [0.717, 1.165) is 36.1 Å². The molecule has 1 fully saturated rings. The molecule has 1 aliphatic heterocycles. The van der Waals surface area contributed by atoms with Gasteiger partial charge in [-0.3, -0.25) is 0 Å². The Morgan fingerprint density at radius 1 is 1.22 bits per heavy atom. The van der Waals surface area contributed by atoms with E-state index >= 15 is 0 Å². The minimum Gasteiger partial charge on any atom is -0.325 e. The number of nitrogens with one attached hydrogen (secondary N) is 1. The van der Waals surface area contributed by atoms with Gasteiger partial charge in [0, 0.05) is 23.2 Å². The number of likely N-dealkylation sites (tertiary alicyclic amines) is 1. The van der Waals surface area contributed by atoms with Gasteiger partial charge in [0.05, 0.1) is 0 Å². The summed E-state index contributed by atoms with van der Waals surface area (Å²) in [6, 6.07) is 5.91. The molecular weight excluding hydrogens is 292 g/mol. The number of nitrogens with zero attached hydrogens (tertiary/aromatic N) is 1. The molecule has 1 aromatic rings. The molecule has 2 rings (SSSR count). The van der Waals surface area contributed by atoms with E-state index in [9.17, 15) is 4.79 Å². The van der Waals surface area contributed by atoms with Crippen LogP contribution in [0.25, 0.3) is 0 Å². The lowest BCUT2D eigenvalue weighted by Gasteiger charge is -2.21. The Morgan fingerprint density at radius 2 is 1.89 bits per heavy atom. The highest BCUT2D eigenvalue weighted by Crippen LogP contribution is 2.21. The summed E-state index contributed by atoms with van der Waals surface area (Å²) in [5, 5.41) is 2.96. The van der Waals surface area contributed by atoms with Crippen molar-refractivity contribution in [1.29, 1.82) is 0 Å². The molecule has 1 saturated heterocycles. The van der Waals surface area contributed by atoms with Gasteiger partial charge in [0.25, 0.3) is 0 Å². The fourth-order valence-electron chi connectivity index (χ4n) is 2.15. The van der Waals surface area contributed by atoms with Crippen LogP contribution >= 0.6 is 15.9 Å². The molecule has 0 saturated carbocycles. The number of benzene rings is 1. The number of amides is 2. The Balaban J connectivity index is 1.99. The average Bonchev–Trinajstić information content (AvgIpc) is 2.62. The van der Waals surface area contributed by atoms with Crippen LogP contribution in [-0.4, -0.2) is 24.0 Å². The van der Waals surface area contributed by atoms with Crippen molar-refractivity contribution in [2.24, 2.45) is 0 Å². The SMILES string of the molecule is Cc1ccc(NC(=O)N2CCCCCC2)cc1Br. The van der Waals surface area contributed by atoms with Gasteiger partial charge in [0.2, 0.25) is 0 Å². The lowest BCUT2D eigenvalue weighted by atomic mass is 10.2. The van der Waals surface area contributed by atoms with E-state index in [1.807, 2.05) is 30.0 Å². The summed E-state index contributed by atoms with van der Waals surface area (Å²) in [6.45, 7) is 3.78. The topological polar surface area (TPSA) is 32.3 Å². The van der Waals surface area contributed by atoms with E-state index in [-0.39, 0.29) is 6.03 Å². The molecule has 0 bridgehead atoms. The van der Waals surface area contributed by atoms with E-state index < -0.39 is 0 Å². The number of halogens is 1. The molecule has 98 valence electrons. The maximum absolute atomic E-state index is 12.1. The summed E-state index contributed by atoms with van der Waals surface area (Å²) >= 11 is 3.48. The zero-order valence-corrected chi connectivity index (χ0v) is 12.3. The lowest BCUT2D eigenvalue weighted by molar-refractivity contribution is 0.214. The van der Waals surface area contributed by atoms with Crippen LogP contribution in [0.1, 0.15) is 31.2 Å². The summed E-state index contributed by atoms with van der Waals surface area (Å²) in [7, 11) is 0. The Morgan fingerprint density at radius 3 is 2.50 bits per heavy atom. The van der Waals surface area contributed by atoms with Crippen LogP contribution in [-0.2, 0) is 0 Å².